The first-order valence-electron chi connectivity index (χ1n) is 9.36. The van der Waals surface area contributed by atoms with E-state index in [1.54, 1.807) is 0 Å². The fourth-order valence-corrected chi connectivity index (χ4v) is 4.86. The van der Waals surface area contributed by atoms with Gasteiger partial charge in [0.05, 0.1) is 6.67 Å². The number of nitrogens with one attached hydrogen (secondary N) is 2. The molecule has 0 aromatic heterocycles. The number of ether oxygens (including phenoxy) is 1. The van der Waals surface area contributed by atoms with Crippen LogP contribution < -0.4 is 10.6 Å². The van der Waals surface area contributed by atoms with Crippen LogP contribution in [0.1, 0.15) is 64.2 Å². The molecule has 2 N–H and O–H groups in total. The minimum atomic E-state index is -0.423. The Kier molecular flexibility index (Phi) is 5.45. The second-order valence-corrected chi connectivity index (χ2v) is 7.94. The molecule has 0 bridgehead atoms. The molecule has 0 aromatic rings. The SMILES string of the molecule is O=C(NCC1(CF)CCOCC1)NC1CCCC12CCCCC2. The van der Waals surface area contributed by atoms with E-state index in [0.29, 0.717) is 44.1 Å². The molecule has 3 fully saturated rings. The van der Waals surface area contributed by atoms with E-state index in [1.807, 2.05) is 0 Å². The van der Waals surface area contributed by atoms with E-state index < -0.39 is 5.41 Å². The Hall–Kier alpha value is -0.840. The van der Waals surface area contributed by atoms with Crippen molar-refractivity contribution in [1.29, 1.82) is 0 Å². The fraction of sp³-hybridized carbons (Fsp3) is 0.944. The summed E-state index contributed by atoms with van der Waals surface area (Å²) in [6.07, 6.45) is 11.4. The number of hydrogen-bond donors (Lipinski definition) is 2. The molecular formula is C18H31FN2O2. The maximum absolute atomic E-state index is 13.4. The number of halogens is 1. The van der Waals surface area contributed by atoms with Gasteiger partial charge in [0.2, 0.25) is 0 Å². The van der Waals surface area contributed by atoms with Gasteiger partial charge in [-0.3, -0.25) is 4.39 Å². The molecule has 1 saturated heterocycles. The largest absolute Gasteiger partial charge is 0.381 e. The second kappa shape index (κ2) is 7.37. The molecule has 2 saturated carbocycles. The Bertz CT molecular complexity index is 404. The van der Waals surface area contributed by atoms with Crippen LogP contribution >= 0.6 is 0 Å². The molecule has 0 aromatic carbocycles. The molecule has 132 valence electrons. The number of hydrogen-bond acceptors (Lipinski definition) is 2. The van der Waals surface area contributed by atoms with Crippen molar-refractivity contribution < 1.29 is 13.9 Å². The van der Waals surface area contributed by atoms with Crippen LogP contribution in [0.15, 0.2) is 0 Å². The molecule has 0 radical (unpaired) electrons. The topological polar surface area (TPSA) is 50.4 Å². The third-order valence-electron chi connectivity index (χ3n) is 6.52. The van der Waals surface area contributed by atoms with Crippen LogP contribution in [-0.4, -0.2) is 38.5 Å². The van der Waals surface area contributed by atoms with E-state index in [4.69, 9.17) is 4.74 Å². The number of alkyl halides is 1. The summed E-state index contributed by atoms with van der Waals surface area (Å²) in [5.74, 6) is 0. The third-order valence-corrected chi connectivity index (χ3v) is 6.52. The molecule has 4 nitrogen and oxygen atoms in total. The summed E-state index contributed by atoms with van der Waals surface area (Å²) in [7, 11) is 0. The number of amides is 2. The first kappa shape index (κ1) is 17.0. The Morgan fingerprint density at radius 3 is 2.43 bits per heavy atom. The van der Waals surface area contributed by atoms with Crippen LogP contribution in [0, 0.1) is 10.8 Å². The van der Waals surface area contributed by atoms with Gasteiger partial charge >= 0.3 is 6.03 Å². The monoisotopic (exact) mass is 326 g/mol. The van der Waals surface area contributed by atoms with Crippen LogP contribution in [0.5, 0.6) is 0 Å². The third kappa shape index (κ3) is 3.81. The highest BCUT2D eigenvalue weighted by Crippen LogP contribution is 2.49. The van der Waals surface area contributed by atoms with E-state index in [-0.39, 0.29) is 12.7 Å². The number of carbonyl (C=O) groups excluding carboxylic acids is 1. The van der Waals surface area contributed by atoms with Gasteiger partial charge in [0.1, 0.15) is 0 Å². The lowest BCUT2D eigenvalue weighted by atomic mass is 9.70. The maximum Gasteiger partial charge on any atom is 0.315 e. The molecule has 1 atom stereocenters. The Morgan fingerprint density at radius 1 is 1.04 bits per heavy atom. The quantitative estimate of drug-likeness (QED) is 0.830. The zero-order valence-corrected chi connectivity index (χ0v) is 14.2. The van der Waals surface area contributed by atoms with Crippen LogP contribution in [0.4, 0.5) is 9.18 Å². The standard InChI is InChI=1S/C18H31FN2O2/c19-13-17(9-11-23-12-10-17)14-20-16(22)21-15-5-4-8-18(15)6-2-1-3-7-18/h15H,1-14H2,(H2,20,21,22). The molecule has 1 unspecified atom stereocenters. The van der Waals surface area contributed by atoms with Crippen molar-refractivity contribution in [1.82, 2.24) is 10.6 Å². The number of carbonyl (C=O) groups is 1. The second-order valence-electron chi connectivity index (χ2n) is 7.94. The van der Waals surface area contributed by atoms with Gasteiger partial charge in [0, 0.05) is 31.2 Å². The maximum atomic E-state index is 13.4. The molecule has 3 aliphatic rings. The molecule has 23 heavy (non-hydrogen) atoms. The lowest BCUT2D eigenvalue weighted by molar-refractivity contribution is 0.00351. The minimum absolute atomic E-state index is 0.110. The summed E-state index contributed by atoms with van der Waals surface area (Å²) in [6, 6.07) is 0.194. The van der Waals surface area contributed by atoms with E-state index >= 15 is 0 Å². The van der Waals surface area contributed by atoms with Gasteiger partial charge in [0.25, 0.3) is 0 Å². The zero-order chi connectivity index (χ0) is 16.2. The lowest BCUT2D eigenvalue weighted by Crippen LogP contribution is -2.51. The Labute approximate surface area is 138 Å². The van der Waals surface area contributed by atoms with Crippen LogP contribution in [-0.2, 0) is 4.74 Å². The van der Waals surface area contributed by atoms with Gasteiger partial charge in [-0.05, 0) is 43.9 Å². The normalized spacial score (nSPS) is 29.3. The van der Waals surface area contributed by atoms with Crippen molar-refractivity contribution in [2.24, 2.45) is 10.8 Å². The van der Waals surface area contributed by atoms with Gasteiger partial charge in [-0.25, -0.2) is 4.79 Å². The fourth-order valence-electron chi connectivity index (χ4n) is 4.86. The average Bonchev–Trinajstić information content (AvgIpc) is 2.96. The highest BCUT2D eigenvalue weighted by atomic mass is 19.1. The summed E-state index contributed by atoms with van der Waals surface area (Å²) in [4.78, 5) is 12.3. The molecule has 2 amide bonds. The Balaban J connectivity index is 1.50. The van der Waals surface area contributed by atoms with Gasteiger partial charge in [-0.2, -0.15) is 0 Å². The van der Waals surface area contributed by atoms with Gasteiger partial charge < -0.3 is 15.4 Å². The average molecular weight is 326 g/mol. The van der Waals surface area contributed by atoms with Gasteiger partial charge in [-0.15, -0.1) is 0 Å². The molecule has 5 heteroatoms. The van der Waals surface area contributed by atoms with Crippen LogP contribution in [0.2, 0.25) is 0 Å². The first-order valence-corrected chi connectivity index (χ1v) is 9.36. The van der Waals surface area contributed by atoms with Gasteiger partial charge in [-0.1, -0.05) is 25.7 Å². The van der Waals surface area contributed by atoms with Crippen molar-refractivity contribution >= 4 is 6.03 Å². The molecular weight excluding hydrogens is 295 g/mol. The van der Waals surface area contributed by atoms with E-state index in [9.17, 15) is 9.18 Å². The van der Waals surface area contributed by atoms with E-state index in [2.05, 4.69) is 10.6 Å². The van der Waals surface area contributed by atoms with Crippen molar-refractivity contribution in [3.05, 3.63) is 0 Å². The summed E-state index contributed by atoms with van der Waals surface area (Å²) in [6.45, 7) is 1.22. The lowest BCUT2D eigenvalue weighted by Gasteiger charge is -2.39. The highest BCUT2D eigenvalue weighted by molar-refractivity contribution is 5.74. The van der Waals surface area contributed by atoms with Gasteiger partial charge in [0.15, 0.2) is 0 Å². The predicted molar refractivity (Wildman–Crippen MR) is 88.2 cm³/mol. The molecule has 2 aliphatic carbocycles. The molecule has 1 heterocycles. The van der Waals surface area contributed by atoms with Crippen molar-refractivity contribution in [3.8, 4) is 0 Å². The molecule has 1 spiro atoms. The van der Waals surface area contributed by atoms with E-state index in [0.717, 1.165) is 6.42 Å². The van der Waals surface area contributed by atoms with Crippen LogP contribution in [0.25, 0.3) is 0 Å². The summed E-state index contributed by atoms with van der Waals surface area (Å²) in [5, 5.41) is 6.16. The summed E-state index contributed by atoms with van der Waals surface area (Å²) in [5.41, 5.74) is -0.0835. The molecule has 1 aliphatic heterocycles. The van der Waals surface area contributed by atoms with E-state index in [1.165, 1.54) is 44.9 Å². The number of rotatable bonds is 4. The van der Waals surface area contributed by atoms with Crippen molar-refractivity contribution in [2.75, 3.05) is 26.4 Å². The van der Waals surface area contributed by atoms with Crippen LogP contribution in [0.3, 0.4) is 0 Å². The first-order chi connectivity index (χ1) is 11.2. The smallest absolute Gasteiger partial charge is 0.315 e. The highest BCUT2D eigenvalue weighted by Gasteiger charge is 2.44. The molecule has 3 rings (SSSR count). The Morgan fingerprint density at radius 2 is 1.74 bits per heavy atom. The predicted octanol–water partition coefficient (Wildman–Crippen LogP) is 3.55. The number of urea groups is 1. The zero-order valence-electron chi connectivity index (χ0n) is 14.2. The summed E-state index contributed by atoms with van der Waals surface area (Å²) >= 11 is 0. The minimum Gasteiger partial charge on any atom is -0.381 e. The summed E-state index contributed by atoms with van der Waals surface area (Å²) < 4.78 is 18.8. The van der Waals surface area contributed by atoms with Crippen molar-refractivity contribution in [3.63, 3.8) is 0 Å². The van der Waals surface area contributed by atoms with Crippen molar-refractivity contribution in [2.45, 2.75) is 70.3 Å².